The van der Waals surface area contributed by atoms with Gasteiger partial charge in [-0.15, -0.1) is 0 Å². The molecule has 0 aromatic carbocycles. The van der Waals surface area contributed by atoms with Crippen molar-refractivity contribution in [2.24, 2.45) is 5.92 Å². The van der Waals surface area contributed by atoms with E-state index in [2.05, 4.69) is 33.0 Å². The van der Waals surface area contributed by atoms with E-state index in [0.717, 1.165) is 25.8 Å². The fourth-order valence-corrected chi connectivity index (χ4v) is 3.08. The van der Waals surface area contributed by atoms with Gasteiger partial charge in [-0.3, -0.25) is 0 Å². The van der Waals surface area contributed by atoms with Crippen molar-refractivity contribution in [3.8, 4) is 0 Å². The molecule has 104 valence electrons. The first-order chi connectivity index (χ1) is 7.66. The smallest absolute Gasteiger partial charge is 0.150 e. The Balaban J connectivity index is 3.75. The van der Waals surface area contributed by atoms with Crippen molar-refractivity contribution < 1.29 is 8.42 Å². The summed E-state index contributed by atoms with van der Waals surface area (Å²) in [6.07, 6.45) is 2.49. The van der Waals surface area contributed by atoms with Crippen molar-refractivity contribution in [3.05, 3.63) is 0 Å². The first-order valence-corrected chi connectivity index (χ1v) is 8.44. The number of hydrogen-bond donors (Lipinski definition) is 1. The third-order valence-electron chi connectivity index (χ3n) is 2.65. The molecule has 1 atom stereocenters. The minimum absolute atomic E-state index is 0.141. The van der Waals surface area contributed by atoms with Gasteiger partial charge in [-0.1, -0.05) is 13.8 Å². The molecule has 3 nitrogen and oxygen atoms in total. The summed E-state index contributed by atoms with van der Waals surface area (Å²) < 4.78 is 23.0. The lowest BCUT2D eigenvalue weighted by molar-refractivity contribution is 0.371. The fraction of sp³-hybridized carbons (Fsp3) is 1.00. The van der Waals surface area contributed by atoms with Gasteiger partial charge in [0.05, 0.1) is 5.75 Å². The highest BCUT2D eigenvalue weighted by molar-refractivity contribution is 7.91. The lowest BCUT2D eigenvalue weighted by Crippen LogP contribution is -2.38. The molecule has 0 amide bonds. The predicted octanol–water partition coefficient (Wildman–Crippen LogP) is 2.62. The minimum atomic E-state index is -2.79. The number of nitrogens with one attached hydrogen (secondary N) is 1. The molecule has 0 saturated carbocycles. The number of hydrogen-bond acceptors (Lipinski definition) is 3. The molecule has 0 aromatic rings. The molecule has 17 heavy (non-hydrogen) atoms. The van der Waals surface area contributed by atoms with Crippen LogP contribution in [-0.2, 0) is 9.84 Å². The summed E-state index contributed by atoms with van der Waals surface area (Å²) in [6.45, 7) is 11.5. The second kappa shape index (κ2) is 7.37. The van der Waals surface area contributed by atoms with Crippen molar-refractivity contribution in [1.29, 1.82) is 0 Å². The predicted molar refractivity (Wildman–Crippen MR) is 75.1 cm³/mol. The second-order valence-corrected chi connectivity index (χ2v) is 8.33. The standard InChI is InChI=1S/C13H29NO2S/c1-6-9-17(15,16)10-7-8-12(2)11-14-13(3,4)5/h12,14H,6-11H2,1-5H3. The van der Waals surface area contributed by atoms with Crippen LogP contribution in [0.5, 0.6) is 0 Å². The van der Waals surface area contributed by atoms with E-state index < -0.39 is 9.84 Å². The van der Waals surface area contributed by atoms with Gasteiger partial charge in [0.1, 0.15) is 9.84 Å². The van der Waals surface area contributed by atoms with E-state index in [9.17, 15) is 8.42 Å². The van der Waals surface area contributed by atoms with Crippen LogP contribution in [0.2, 0.25) is 0 Å². The van der Waals surface area contributed by atoms with E-state index in [1.165, 1.54) is 0 Å². The van der Waals surface area contributed by atoms with E-state index in [-0.39, 0.29) is 5.54 Å². The van der Waals surface area contributed by atoms with Crippen LogP contribution < -0.4 is 5.32 Å². The van der Waals surface area contributed by atoms with Gasteiger partial charge in [-0.2, -0.15) is 0 Å². The molecule has 0 aliphatic rings. The van der Waals surface area contributed by atoms with Crippen molar-refractivity contribution >= 4 is 9.84 Å². The summed E-state index contributed by atoms with van der Waals surface area (Å²) in [6, 6.07) is 0. The Morgan fingerprint density at radius 1 is 1.18 bits per heavy atom. The molecule has 0 spiro atoms. The van der Waals surface area contributed by atoms with Crippen LogP contribution in [-0.4, -0.2) is 32.0 Å². The summed E-state index contributed by atoms with van der Waals surface area (Å²) in [5.41, 5.74) is 0.141. The van der Waals surface area contributed by atoms with Crippen LogP contribution >= 0.6 is 0 Å². The Bertz CT molecular complexity index is 291. The van der Waals surface area contributed by atoms with E-state index in [4.69, 9.17) is 0 Å². The maximum atomic E-state index is 11.5. The average Bonchev–Trinajstić information content (AvgIpc) is 2.13. The molecule has 0 radical (unpaired) electrons. The fourth-order valence-electron chi connectivity index (χ4n) is 1.65. The van der Waals surface area contributed by atoms with E-state index in [0.29, 0.717) is 17.4 Å². The number of rotatable bonds is 8. The van der Waals surface area contributed by atoms with Crippen LogP contribution in [0.1, 0.15) is 53.9 Å². The van der Waals surface area contributed by atoms with Crippen LogP contribution in [0.4, 0.5) is 0 Å². The molecule has 0 bridgehead atoms. The number of sulfone groups is 1. The highest BCUT2D eigenvalue weighted by Gasteiger charge is 2.13. The second-order valence-electron chi connectivity index (χ2n) is 6.03. The summed E-state index contributed by atoms with van der Waals surface area (Å²) in [4.78, 5) is 0. The lowest BCUT2D eigenvalue weighted by atomic mass is 10.0. The molecule has 0 saturated heterocycles. The zero-order valence-electron chi connectivity index (χ0n) is 12.0. The maximum absolute atomic E-state index is 11.5. The minimum Gasteiger partial charge on any atom is -0.312 e. The van der Waals surface area contributed by atoms with Crippen LogP contribution in [0.15, 0.2) is 0 Å². The van der Waals surface area contributed by atoms with Crippen molar-refractivity contribution in [3.63, 3.8) is 0 Å². The third-order valence-corrected chi connectivity index (χ3v) is 4.59. The zero-order chi connectivity index (χ0) is 13.5. The molecule has 4 heteroatoms. The van der Waals surface area contributed by atoms with Crippen LogP contribution in [0.25, 0.3) is 0 Å². The van der Waals surface area contributed by atoms with Gasteiger partial charge < -0.3 is 5.32 Å². The molecular formula is C13H29NO2S. The summed E-state index contributed by atoms with van der Waals surface area (Å²) in [5.74, 6) is 1.22. The molecule has 0 aromatic heterocycles. The van der Waals surface area contributed by atoms with Gasteiger partial charge in [-0.05, 0) is 52.5 Å². The molecule has 0 aliphatic carbocycles. The molecule has 1 N–H and O–H groups in total. The molecule has 0 rings (SSSR count). The van der Waals surface area contributed by atoms with Crippen molar-refractivity contribution in [2.45, 2.75) is 59.4 Å². The first-order valence-electron chi connectivity index (χ1n) is 6.62. The quantitative estimate of drug-likeness (QED) is 0.732. The van der Waals surface area contributed by atoms with Gasteiger partial charge >= 0.3 is 0 Å². The van der Waals surface area contributed by atoms with Crippen molar-refractivity contribution in [1.82, 2.24) is 5.32 Å². The average molecular weight is 263 g/mol. The Kier molecular flexibility index (Phi) is 7.33. The molecule has 1 unspecified atom stereocenters. The summed E-state index contributed by atoms with van der Waals surface area (Å²) >= 11 is 0. The normalized spacial score (nSPS) is 14.9. The van der Waals surface area contributed by atoms with Gasteiger partial charge in [0.2, 0.25) is 0 Å². The van der Waals surface area contributed by atoms with Gasteiger partial charge in [0.25, 0.3) is 0 Å². The molecule has 0 aliphatic heterocycles. The summed E-state index contributed by atoms with van der Waals surface area (Å²) in [5, 5.41) is 3.44. The van der Waals surface area contributed by atoms with Crippen LogP contribution in [0.3, 0.4) is 0 Å². The van der Waals surface area contributed by atoms with Gasteiger partial charge in [0.15, 0.2) is 0 Å². The largest absolute Gasteiger partial charge is 0.312 e. The molecule has 0 heterocycles. The molecule has 0 fully saturated rings. The Morgan fingerprint density at radius 2 is 1.76 bits per heavy atom. The third kappa shape index (κ3) is 10.8. The first kappa shape index (κ1) is 16.9. The molecular weight excluding hydrogens is 234 g/mol. The SMILES string of the molecule is CCCS(=O)(=O)CCCC(C)CNC(C)(C)C. The Morgan fingerprint density at radius 3 is 2.24 bits per heavy atom. The van der Waals surface area contributed by atoms with Gasteiger partial charge in [0, 0.05) is 11.3 Å². The van der Waals surface area contributed by atoms with E-state index >= 15 is 0 Å². The highest BCUT2D eigenvalue weighted by atomic mass is 32.2. The Labute approximate surface area is 107 Å². The highest BCUT2D eigenvalue weighted by Crippen LogP contribution is 2.09. The maximum Gasteiger partial charge on any atom is 0.150 e. The van der Waals surface area contributed by atoms with Crippen molar-refractivity contribution in [2.75, 3.05) is 18.1 Å². The topological polar surface area (TPSA) is 46.2 Å². The summed E-state index contributed by atoms with van der Waals surface area (Å²) in [7, 11) is -2.79. The Hall–Kier alpha value is -0.0900. The lowest BCUT2D eigenvalue weighted by Gasteiger charge is -2.23. The van der Waals surface area contributed by atoms with Crippen LogP contribution in [0, 0.1) is 5.92 Å². The van der Waals surface area contributed by atoms with E-state index in [1.807, 2.05) is 6.92 Å². The van der Waals surface area contributed by atoms with E-state index in [1.54, 1.807) is 0 Å². The monoisotopic (exact) mass is 263 g/mol. The zero-order valence-corrected chi connectivity index (χ0v) is 12.9. The van der Waals surface area contributed by atoms with Gasteiger partial charge in [-0.25, -0.2) is 8.42 Å².